The first-order valence-electron chi connectivity index (χ1n) is 15.7. The Morgan fingerprint density at radius 1 is 0.978 bits per heavy atom. The molecule has 0 radical (unpaired) electrons. The number of phenols is 1. The normalized spacial score (nSPS) is 22.5. The number of rotatable bonds is 14. The smallest absolute Gasteiger partial charge is 0.249 e. The van der Waals surface area contributed by atoms with Crippen LogP contribution in [0.15, 0.2) is 59.6 Å². The molecular weight excluding hydrogens is 592 g/mol. The molecule has 1 aliphatic carbocycles. The fourth-order valence-electron chi connectivity index (χ4n) is 6.40. The van der Waals surface area contributed by atoms with Crippen molar-refractivity contribution in [1.29, 1.82) is 0 Å². The van der Waals surface area contributed by atoms with Gasteiger partial charge in [-0.05, 0) is 67.7 Å². The highest BCUT2D eigenvalue weighted by atomic mass is 16.3. The maximum absolute atomic E-state index is 14.4. The average Bonchev–Trinajstić information content (AvgIpc) is 3.42. The van der Waals surface area contributed by atoms with Crippen molar-refractivity contribution >= 4 is 30.0 Å². The van der Waals surface area contributed by atoms with Crippen LogP contribution in [0.1, 0.15) is 49.7 Å². The van der Waals surface area contributed by atoms with Crippen LogP contribution in [0.2, 0.25) is 0 Å². The van der Waals surface area contributed by atoms with Crippen molar-refractivity contribution in [2.24, 2.45) is 22.4 Å². The van der Waals surface area contributed by atoms with Gasteiger partial charge in [-0.2, -0.15) is 0 Å². The fourth-order valence-corrected chi connectivity index (χ4v) is 6.40. The number of carbonyl (C=O) groups is 4. The number of nitrogens with zero attached hydrogens (tertiary/aromatic N) is 2. The van der Waals surface area contributed by atoms with Crippen LogP contribution in [0.4, 0.5) is 0 Å². The summed E-state index contributed by atoms with van der Waals surface area (Å²) in [5.74, 6) is -1.82. The van der Waals surface area contributed by atoms with E-state index in [0.717, 1.165) is 5.56 Å². The maximum Gasteiger partial charge on any atom is 0.249 e. The van der Waals surface area contributed by atoms with Crippen LogP contribution >= 0.6 is 0 Å². The summed E-state index contributed by atoms with van der Waals surface area (Å²) in [7, 11) is 0. The Balaban J connectivity index is 1.56. The summed E-state index contributed by atoms with van der Waals surface area (Å²) in [5.41, 5.74) is 12.1. The number of benzene rings is 2. The van der Waals surface area contributed by atoms with E-state index in [2.05, 4.69) is 15.6 Å². The molecule has 1 saturated carbocycles. The van der Waals surface area contributed by atoms with Crippen LogP contribution in [0, 0.1) is 5.92 Å². The molecule has 13 nitrogen and oxygen atoms in total. The summed E-state index contributed by atoms with van der Waals surface area (Å²) in [6.45, 7) is 0.290. The number of amides is 3. The van der Waals surface area contributed by atoms with Gasteiger partial charge in [0.25, 0.3) is 0 Å². The van der Waals surface area contributed by atoms with Crippen molar-refractivity contribution in [1.82, 2.24) is 15.5 Å². The number of likely N-dealkylation sites (tertiary alicyclic amines) is 1. The van der Waals surface area contributed by atoms with E-state index < -0.39 is 54.1 Å². The van der Waals surface area contributed by atoms with Crippen LogP contribution in [0.3, 0.4) is 0 Å². The highest BCUT2D eigenvalue weighted by molar-refractivity contribution is 5.94. The van der Waals surface area contributed by atoms with Gasteiger partial charge in [0, 0.05) is 25.4 Å². The topological polar surface area (TPSA) is 221 Å². The van der Waals surface area contributed by atoms with Crippen molar-refractivity contribution in [3.05, 3.63) is 65.7 Å². The monoisotopic (exact) mass is 636 g/mol. The van der Waals surface area contributed by atoms with Gasteiger partial charge in [0.2, 0.25) is 17.7 Å². The molecule has 1 saturated heterocycles. The average molecular weight is 637 g/mol. The zero-order valence-electron chi connectivity index (χ0n) is 25.7. The Morgan fingerprint density at radius 2 is 1.67 bits per heavy atom. The third-order valence-electron chi connectivity index (χ3n) is 8.73. The molecule has 9 N–H and O–H groups in total. The molecule has 2 aromatic carbocycles. The number of aromatic hydroxyl groups is 1. The predicted octanol–water partition coefficient (Wildman–Crippen LogP) is -0.109. The molecule has 3 amide bonds. The SMILES string of the molecule is NC(N)=NCCC[C@@H](C=O)NC(=O)[C@@H]1C[C@@H]2CC[C@@H](O)C[C@@H]2N1C(=O)[C@@H](Cc1ccccc1)NC(=O)[C@@H](O)Cc1ccc(O)cc1. The highest BCUT2D eigenvalue weighted by Crippen LogP contribution is 2.40. The van der Waals surface area contributed by atoms with E-state index in [1.165, 1.54) is 17.0 Å². The minimum Gasteiger partial charge on any atom is -0.508 e. The summed E-state index contributed by atoms with van der Waals surface area (Å²) in [6.07, 6.45) is 1.12. The number of hydrogen-bond acceptors (Lipinski definition) is 8. The number of carbonyl (C=O) groups excluding carboxylic acids is 4. The number of aldehydes is 1. The molecule has 7 atom stereocenters. The quantitative estimate of drug-likeness (QED) is 0.0635. The van der Waals surface area contributed by atoms with Crippen molar-refractivity contribution < 1.29 is 34.5 Å². The van der Waals surface area contributed by atoms with Gasteiger partial charge in [-0.25, -0.2) is 0 Å². The summed E-state index contributed by atoms with van der Waals surface area (Å²) < 4.78 is 0. The summed E-state index contributed by atoms with van der Waals surface area (Å²) in [4.78, 5) is 58.6. The second-order valence-corrected chi connectivity index (χ2v) is 12.1. The highest BCUT2D eigenvalue weighted by Gasteiger charge is 2.50. The Labute approximate surface area is 268 Å². The van der Waals surface area contributed by atoms with Gasteiger partial charge in [0.15, 0.2) is 5.96 Å². The summed E-state index contributed by atoms with van der Waals surface area (Å²) >= 11 is 0. The van der Waals surface area contributed by atoms with E-state index in [-0.39, 0.29) is 43.4 Å². The van der Waals surface area contributed by atoms with E-state index >= 15 is 0 Å². The Morgan fingerprint density at radius 3 is 2.35 bits per heavy atom. The lowest BCUT2D eigenvalue weighted by Gasteiger charge is -2.37. The molecule has 1 heterocycles. The molecule has 2 fully saturated rings. The van der Waals surface area contributed by atoms with Crippen LogP contribution in [0.5, 0.6) is 5.75 Å². The van der Waals surface area contributed by atoms with Gasteiger partial charge in [-0.1, -0.05) is 42.5 Å². The Bertz CT molecular complexity index is 1370. The molecule has 46 heavy (non-hydrogen) atoms. The largest absolute Gasteiger partial charge is 0.508 e. The lowest BCUT2D eigenvalue weighted by Crippen LogP contribution is -2.59. The first-order chi connectivity index (χ1) is 22.0. The minimum absolute atomic E-state index is 0.0414. The van der Waals surface area contributed by atoms with Crippen LogP contribution in [-0.4, -0.2) is 93.1 Å². The molecule has 2 aliphatic rings. The second-order valence-electron chi connectivity index (χ2n) is 12.1. The van der Waals surface area contributed by atoms with Gasteiger partial charge in [0.05, 0.1) is 12.1 Å². The number of aliphatic hydroxyl groups excluding tert-OH is 2. The molecule has 1 aliphatic heterocycles. The molecule has 0 bridgehead atoms. The van der Waals surface area contributed by atoms with Crippen molar-refractivity contribution in [2.45, 2.75) is 87.7 Å². The summed E-state index contributed by atoms with van der Waals surface area (Å²) in [6, 6.07) is 11.9. The molecule has 4 rings (SSSR count). The molecule has 0 spiro atoms. The third-order valence-corrected chi connectivity index (χ3v) is 8.73. The first kappa shape index (κ1) is 34.4. The van der Waals surface area contributed by atoms with Gasteiger partial charge in [0.1, 0.15) is 30.2 Å². The standard InChI is InChI=1S/C33H44N6O7/c34-33(35)36-14-4-7-23(19-40)37-30(44)28-17-22-10-13-25(42)18-27(22)39(28)32(46)26(15-20-5-2-1-3-6-20)38-31(45)29(43)16-21-8-11-24(41)12-9-21/h1-3,5-6,8-9,11-12,19,22-23,25-29,41-43H,4,7,10,13-18H2,(H,37,44)(H,38,45)(H4,34,35,36)/t22-,23-,25+,26+,27-,28-,29-/m0/s1. The minimum atomic E-state index is -1.48. The van der Waals surface area contributed by atoms with Gasteiger partial charge >= 0.3 is 0 Å². The number of aliphatic imine (C=N–C) groups is 1. The molecule has 0 unspecified atom stereocenters. The molecular formula is C33H44N6O7. The first-order valence-corrected chi connectivity index (χ1v) is 15.7. The lowest BCUT2D eigenvalue weighted by atomic mass is 9.83. The number of nitrogens with two attached hydrogens (primary N) is 2. The Kier molecular flexibility index (Phi) is 12.1. The molecule has 13 heteroatoms. The Hall–Kier alpha value is -4.49. The van der Waals surface area contributed by atoms with Crippen molar-refractivity contribution in [3.8, 4) is 5.75 Å². The predicted molar refractivity (Wildman–Crippen MR) is 170 cm³/mol. The summed E-state index contributed by atoms with van der Waals surface area (Å²) in [5, 5.41) is 36.3. The van der Waals surface area contributed by atoms with E-state index in [1.807, 2.05) is 30.3 Å². The number of nitrogens with one attached hydrogen (secondary N) is 2. The van der Waals surface area contributed by atoms with Gasteiger partial charge < -0.3 is 47.1 Å². The molecule has 248 valence electrons. The van der Waals surface area contributed by atoms with Crippen molar-refractivity contribution in [3.63, 3.8) is 0 Å². The zero-order valence-corrected chi connectivity index (χ0v) is 25.7. The third kappa shape index (κ3) is 9.27. The fraction of sp³-hybridized carbons (Fsp3) is 0.485. The molecule has 0 aromatic heterocycles. The molecule has 2 aromatic rings. The number of aliphatic hydroxyl groups is 2. The number of fused-ring (bicyclic) bond motifs is 1. The lowest BCUT2D eigenvalue weighted by molar-refractivity contribution is -0.145. The second kappa shape index (κ2) is 16.2. The van der Waals surface area contributed by atoms with Crippen LogP contribution < -0.4 is 22.1 Å². The maximum atomic E-state index is 14.4. The zero-order chi connectivity index (χ0) is 33.2. The van der Waals surface area contributed by atoms with Crippen LogP contribution in [0.25, 0.3) is 0 Å². The van der Waals surface area contributed by atoms with Gasteiger partial charge in [-0.3, -0.25) is 19.4 Å². The van der Waals surface area contributed by atoms with Gasteiger partial charge in [-0.15, -0.1) is 0 Å². The number of phenolic OH excluding ortho intramolecular Hbond substituents is 1. The number of hydrogen-bond donors (Lipinski definition) is 7. The van der Waals surface area contributed by atoms with E-state index in [0.29, 0.717) is 44.0 Å². The van der Waals surface area contributed by atoms with E-state index in [1.54, 1.807) is 12.1 Å². The van der Waals surface area contributed by atoms with Crippen molar-refractivity contribution in [2.75, 3.05) is 6.54 Å². The number of guanidine groups is 1. The van der Waals surface area contributed by atoms with E-state index in [9.17, 15) is 34.5 Å². The van der Waals surface area contributed by atoms with Crippen LogP contribution in [-0.2, 0) is 32.0 Å². The van der Waals surface area contributed by atoms with E-state index in [4.69, 9.17) is 11.5 Å².